The van der Waals surface area contributed by atoms with Gasteiger partial charge in [-0.3, -0.25) is 0 Å². The lowest BCUT2D eigenvalue weighted by Crippen LogP contribution is -2.20. The van der Waals surface area contributed by atoms with Crippen LogP contribution in [0.3, 0.4) is 0 Å². The van der Waals surface area contributed by atoms with Crippen molar-refractivity contribution >= 4 is 19.9 Å². The molecule has 0 nitrogen and oxygen atoms in total. The fraction of sp³-hybridized carbons (Fsp3) is 0. The highest BCUT2D eigenvalue weighted by atomic mass is 28.2. The predicted octanol–water partition coefficient (Wildman–Crippen LogP) is 1.32. The average molecular weight is 180 g/mol. The monoisotopic (exact) mass is 180 g/mol. The summed E-state index contributed by atoms with van der Waals surface area (Å²) in [6.07, 6.45) is 0. The summed E-state index contributed by atoms with van der Waals surface area (Å²) in [6, 6.07) is 17.4. The molecule has 1 aliphatic rings. The number of benzene rings is 2. The van der Waals surface area contributed by atoms with E-state index in [2.05, 4.69) is 48.5 Å². The summed E-state index contributed by atoms with van der Waals surface area (Å²) in [4.78, 5) is 0. The maximum atomic E-state index is 2.23. The summed E-state index contributed by atoms with van der Waals surface area (Å²) in [7, 11) is 0.851. The molecule has 0 saturated carbocycles. The second-order valence-electron chi connectivity index (χ2n) is 3.22. The van der Waals surface area contributed by atoms with Gasteiger partial charge in [0.15, 0.2) is 0 Å². The quantitative estimate of drug-likeness (QED) is 0.458. The van der Waals surface area contributed by atoms with Gasteiger partial charge in [0.05, 0.1) is 0 Å². The highest BCUT2D eigenvalue weighted by Gasteiger charge is 2.33. The molecule has 0 amide bonds. The molecule has 2 aromatic rings. The molecule has 0 aromatic heterocycles. The Morgan fingerprint density at radius 1 is 0.615 bits per heavy atom. The van der Waals surface area contributed by atoms with E-state index in [0.717, 1.165) is 9.52 Å². The minimum absolute atomic E-state index is 0.851. The molecule has 0 aliphatic carbocycles. The van der Waals surface area contributed by atoms with Crippen molar-refractivity contribution in [3.63, 3.8) is 0 Å². The molecular weight excluding hydrogens is 172 g/mol. The smallest absolute Gasteiger partial charge is 0.0614 e. The van der Waals surface area contributed by atoms with Crippen LogP contribution in [-0.4, -0.2) is 9.52 Å². The van der Waals surface area contributed by atoms with Gasteiger partial charge in [-0.05, 0) is 12.1 Å². The Morgan fingerprint density at radius 2 is 1.08 bits per heavy atom. The van der Waals surface area contributed by atoms with Gasteiger partial charge in [0.2, 0.25) is 0 Å². The van der Waals surface area contributed by atoms with Crippen LogP contribution in [0.2, 0.25) is 0 Å². The Balaban J connectivity index is 2.32. The number of hydrogen-bond acceptors (Lipinski definition) is 0. The molecule has 59 valence electrons. The average Bonchev–Trinajstić information content (AvgIpc) is 2.56. The molecule has 0 saturated heterocycles. The lowest BCUT2D eigenvalue weighted by molar-refractivity contribution is 1.71. The molecule has 1 aliphatic heterocycles. The van der Waals surface area contributed by atoms with E-state index in [-0.39, 0.29) is 0 Å². The third-order valence-corrected chi connectivity index (χ3v) is 3.82. The van der Waals surface area contributed by atoms with E-state index in [9.17, 15) is 0 Å². The molecule has 0 N–H and O–H groups in total. The van der Waals surface area contributed by atoms with E-state index in [1.807, 2.05) is 0 Å². The van der Waals surface area contributed by atoms with Crippen molar-refractivity contribution in [1.29, 1.82) is 0 Å². The van der Waals surface area contributed by atoms with Gasteiger partial charge in [0.25, 0.3) is 0 Å². The predicted molar refractivity (Wildman–Crippen MR) is 56.9 cm³/mol. The molecule has 0 spiro atoms. The van der Waals surface area contributed by atoms with Gasteiger partial charge in [-0.2, -0.15) is 0 Å². The van der Waals surface area contributed by atoms with Crippen molar-refractivity contribution < 1.29 is 0 Å². The van der Waals surface area contributed by atoms with Crippen molar-refractivity contribution in [2.45, 2.75) is 0 Å². The van der Waals surface area contributed by atoms with Crippen LogP contribution >= 0.6 is 0 Å². The summed E-state index contributed by atoms with van der Waals surface area (Å²) in [5.41, 5.74) is 2.85. The molecule has 0 bridgehead atoms. The van der Waals surface area contributed by atoms with Crippen LogP contribution in [0.15, 0.2) is 48.5 Å². The van der Waals surface area contributed by atoms with Gasteiger partial charge in [0, 0.05) is 11.1 Å². The summed E-state index contributed by atoms with van der Waals surface area (Å²) < 4.78 is 0. The minimum atomic E-state index is 0.851. The molecule has 0 fully saturated rings. The topological polar surface area (TPSA) is 0 Å². The van der Waals surface area contributed by atoms with Gasteiger partial charge in [-0.1, -0.05) is 36.4 Å². The first kappa shape index (κ1) is 7.10. The summed E-state index contributed by atoms with van der Waals surface area (Å²) in [5.74, 6) is 0. The minimum Gasteiger partial charge on any atom is -0.0614 e. The Bertz CT molecular complexity index is 417. The van der Waals surface area contributed by atoms with E-state index in [1.165, 1.54) is 21.5 Å². The summed E-state index contributed by atoms with van der Waals surface area (Å²) in [6.45, 7) is 0. The maximum absolute atomic E-state index is 2.23. The number of fused-ring (bicyclic) bond motifs is 3. The largest absolute Gasteiger partial charge is 0.568 e. The van der Waals surface area contributed by atoms with Crippen LogP contribution in [0.1, 0.15) is 0 Å². The van der Waals surface area contributed by atoms with E-state index in [4.69, 9.17) is 0 Å². The van der Waals surface area contributed by atoms with Gasteiger partial charge < -0.3 is 0 Å². The van der Waals surface area contributed by atoms with Crippen molar-refractivity contribution in [2.24, 2.45) is 0 Å². The van der Waals surface area contributed by atoms with Gasteiger partial charge >= 0.3 is 9.52 Å². The van der Waals surface area contributed by atoms with E-state index < -0.39 is 0 Å². The zero-order valence-corrected chi connectivity index (χ0v) is 8.12. The molecule has 13 heavy (non-hydrogen) atoms. The van der Waals surface area contributed by atoms with Crippen molar-refractivity contribution in [1.82, 2.24) is 0 Å². The molecule has 1 radical (unpaired) electrons. The van der Waals surface area contributed by atoms with E-state index in [0.29, 0.717) is 0 Å². The number of hydrogen-bond donors (Lipinski definition) is 0. The van der Waals surface area contributed by atoms with Crippen molar-refractivity contribution in [3.05, 3.63) is 48.5 Å². The van der Waals surface area contributed by atoms with Crippen LogP contribution in [0.4, 0.5) is 0 Å². The van der Waals surface area contributed by atoms with Crippen LogP contribution in [0, 0.1) is 0 Å². The Morgan fingerprint density at radius 3 is 1.62 bits per heavy atom. The third-order valence-electron chi connectivity index (χ3n) is 2.41. The first-order chi connectivity index (χ1) is 6.45. The number of rotatable bonds is 0. The first-order valence-corrected chi connectivity index (χ1v) is 5.40. The summed E-state index contributed by atoms with van der Waals surface area (Å²) >= 11 is 0. The summed E-state index contributed by atoms with van der Waals surface area (Å²) in [5, 5.41) is 2.98. The fourth-order valence-electron chi connectivity index (χ4n) is 1.80. The second kappa shape index (κ2) is 2.57. The first-order valence-electron chi connectivity index (χ1n) is 4.40. The molecule has 0 atom stereocenters. The van der Waals surface area contributed by atoms with Crippen LogP contribution in [0.25, 0.3) is 11.1 Å². The van der Waals surface area contributed by atoms with Gasteiger partial charge in [0.1, 0.15) is 10.4 Å². The molecule has 2 aromatic carbocycles. The molecule has 3 rings (SSSR count). The van der Waals surface area contributed by atoms with Crippen LogP contribution in [0.5, 0.6) is 0 Å². The zero-order valence-electron chi connectivity index (χ0n) is 7.12. The van der Waals surface area contributed by atoms with Crippen LogP contribution < -0.4 is 10.4 Å². The van der Waals surface area contributed by atoms with Crippen molar-refractivity contribution in [3.8, 4) is 11.1 Å². The fourth-order valence-corrected chi connectivity index (χ4v) is 3.15. The lowest BCUT2D eigenvalue weighted by atomic mass is 10.1. The standard InChI is InChI=1S/C12H8Si/c1-3-7-11-9(5-1)10-6-2-4-8-12(10)13-11/h1-8H/q+1. The molecular formula is C12H8Si+. The normalized spacial score (nSPS) is 11.7. The molecule has 1 heterocycles. The van der Waals surface area contributed by atoms with Gasteiger partial charge in [-0.15, -0.1) is 0 Å². The Labute approximate surface area is 80.1 Å². The zero-order chi connectivity index (χ0) is 8.67. The lowest BCUT2D eigenvalue weighted by Gasteiger charge is -1.93. The molecule has 1 heteroatoms. The highest BCUT2D eigenvalue weighted by molar-refractivity contribution is 6.73. The second-order valence-corrected chi connectivity index (χ2v) is 4.54. The van der Waals surface area contributed by atoms with E-state index >= 15 is 0 Å². The van der Waals surface area contributed by atoms with Gasteiger partial charge in [-0.25, -0.2) is 0 Å². The Kier molecular flexibility index (Phi) is 1.40. The highest BCUT2D eigenvalue weighted by Crippen LogP contribution is 2.18. The van der Waals surface area contributed by atoms with Crippen molar-refractivity contribution in [2.75, 3.05) is 0 Å². The van der Waals surface area contributed by atoms with Crippen LogP contribution in [-0.2, 0) is 0 Å². The molecule has 0 unspecified atom stereocenters. The van der Waals surface area contributed by atoms with E-state index in [1.54, 1.807) is 0 Å². The third kappa shape index (κ3) is 0.973. The SMILES string of the molecule is c1ccc2c(c1)[Si+]c1ccccc1-2. The maximum Gasteiger partial charge on any atom is 0.568 e. The Hall–Kier alpha value is -1.34.